The molecule has 0 radical (unpaired) electrons. The van der Waals surface area contributed by atoms with Gasteiger partial charge < -0.3 is 10.6 Å². The van der Waals surface area contributed by atoms with Gasteiger partial charge in [-0.25, -0.2) is 0 Å². The van der Waals surface area contributed by atoms with E-state index in [-0.39, 0.29) is 5.91 Å². The molecule has 1 amide bonds. The molecule has 1 heterocycles. The molecule has 2 rings (SSSR count). The van der Waals surface area contributed by atoms with Crippen LogP contribution >= 0.6 is 15.9 Å². The van der Waals surface area contributed by atoms with Crippen molar-refractivity contribution in [3.05, 3.63) is 46.4 Å². The summed E-state index contributed by atoms with van der Waals surface area (Å²) in [7, 11) is 0. The van der Waals surface area contributed by atoms with Gasteiger partial charge in [0, 0.05) is 16.6 Å². The summed E-state index contributed by atoms with van der Waals surface area (Å²) in [6.45, 7) is 3.05. The summed E-state index contributed by atoms with van der Waals surface area (Å²) in [5.41, 5.74) is 0.568. The summed E-state index contributed by atoms with van der Waals surface area (Å²) >= 11 is 3.34. The van der Waals surface area contributed by atoms with E-state index < -0.39 is 0 Å². The van der Waals surface area contributed by atoms with E-state index in [0.717, 1.165) is 23.3 Å². The molecule has 0 atom stereocenters. The molecule has 0 aliphatic rings. The maximum Gasteiger partial charge on any atom is 0.256 e. The Kier molecular flexibility index (Phi) is 6.33. The number of nitrogens with one attached hydrogen (secondary N) is 2. The van der Waals surface area contributed by atoms with E-state index in [4.69, 9.17) is 0 Å². The third kappa shape index (κ3) is 5.11. The molecule has 22 heavy (non-hydrogen) atoms. The van der Waals surface area contributed by atoms with Gasteiger partial charge in [0.05, 0.1) is 0 Å². The lowest BCUT2D eigenvalue weighted by Gasteiger charge is -2.06. The first-order valence-electron chi connectivity index (χ1n) is 7.33. The van der Waals surface area contributed by atoms with Crippen LogP contribution in [0.2, 0.25) is 0 Å². The number of carbonyl (C=O) groups is 1. The molecule has 1 aromatic heterocycles. The van der Waals surface area contributed by atoms with Crippen LogP contribution in [0.4, 0.5) is 11.6 Å². The topological polar surface area (TPSA) is 66.9 Å². The highest BCUT2D eigenvalue weighted by molar-refractivity contribution is 9.10. The van der Waals surface area contributed by atoms with Crippen LogP contribution in [-0.4, -0.2) is 22.6 Å². The van der Waals surface area contributed by atoms with E-state index in [0.29, 0.717) is 11.4 Å². The zero-order valence-electron chi connectivity index (χ0n) is 12.5. The standard InChI is InChI=1S/C16H19BrN4O/c1-2-3-4-10-18-14-8-9-15(21-20-14)19-16(22)12-6-5-7-13(17)11-12/h5-9,11H,2-4,10H2,1H3,(H,18,20)(H,19,21,22). The van der Waals surface area contributed by atoms with Crippen molar-refractivity contribution >= 4 is 33.5 Å². The zero-order valence-corrected chi connectivity index (χ0v) is 14.1. The van der Waals surface area contributed by atoms with Crippen LogP contribution in [0.15, 0.2) is 40.9 Å². The van der Waals surface area contributed by atoms with Crippen LogP contribution in [-0.2, 0) is 0 Å². The lowest BCUT2D eigenvalue weighted by atomic mass is 10.2. The van der Waals surface area contributed by atoms with Crippen LogP contribution in [0, 0.1) is 0 Å². The second-order valence-electron chi connectivity index (χ2n) is 4.90. The van der Waals surface area contributed by atoms with Crippen LogP contribution in [0.1, 0.15) is 36.5 Å². The predicted octanol–water partition coefficient (Wildman–Crippen LogP) is 4.09. The second kappa shape index (κ2) is 8.48. The molecule has 2 N–H and O–H groups in total. The number of hydrogen-bond donors (Lipinski definition) is 2. The van der Waals surface area contributed by atoms with Gasteiger partial charge in [0.2, 0.25) is 0 Å². The number of benzene rings is 1. The summed E-state index contributed by atoms with van der Waals surface area (Å²) in [6, 6.07) is 10.7. The monoisotopic (exact) mass is 362 g/mol. The summed E-state index contributed by atoms with van der Waals surface area (Å²) in [5.74, 6) is 0.944. The maximum absolute atomic E-state index is 12.1. The third-order valence-corrected chi connectivity index (χ3v) is 3.57. The SMILES string of the molecule is CCCCCNc1ccc(NC(=O)c2cccc(Br)c2)nn1. The van der Waals surface area contributed by atoms with Gasteiger partial charge in [0.1, 0.15) is 5.82 Å². The Morgan fingerprint density at radius 1 is 1.14 bits per heavy atom. The average molecular weight is 363 g/mol. The molecule has 0 saturated carbocycles. The highest BCUT2D eigenvalue weighted by atomic mass is 79.9. The molecule has 116 valence electrons. The normalized spacial score (nSPS) is 10.3. The highest BCUT2D eigenvalue weighted by Crippen LogP contribution is 2.13. The Morgan fingerprint density at radius 2 is 1.91 bits per heavy atom. The number of amides is 1. The van der Waals surface area contributed by atoms with E-state index in [2.05, 4.69) is 43.7 Å². The van der Waals surface area contributed by atoms with Gasteiger partial charge in [-0.05, 0) is 36.8 Å². The van der Waals surface area contributed by atoms with Crippen molar-refractivity contribution in [2.24, 2.45) is 0 Å². The quantitative estimate of drug-likeness (QED) is 0.727. The van der Waals surface area contributed by atoms with Crippen molar-refractivity contribution in [3.63, 3.8) is 0 Å². The van der Waals surface area contributed by atoms with Crippen LogP contribution < -0.4 is 10.6 Å². The van der Waals surface area contributed by atoms with Crippen molar-refractivity contribution in [2.75, 3.05) is 17.2 Å². The van der Waals surface area contributed by atoms with Crippen molar-refractivity contribution in [1.29, 1.82) is 0 Å². The number of anilines is 2. The third-order valence-electron chi connectivity index (χ3n) is 3.08. The van der Waals surface area contributed by atoms with Gasteiger partial charge in [0.25, 0.3) is 5.91 Å². The lowest BCUT2D eigenvalue weighted by molar-refractivity contribution is 0.102. The van der Waals surface area contributed by atoms with Crippen molar-refractivity contribution in [3.8, 4) is 0 Å². The minimum absolute atomic E-state index is 0.209. The maximum atomic E-state index is 12.1. The van der Waals surface area contributed by atoms with E-state index in [1.807, 2.05) is 18.2 Å². The number of unbranched alkanes of at least 4 members (excludes halogenated alkanes) is 2. The smallest absolute Gasteiger partial charge is 0.256 e. The molecule has 6 heteroatoms. The van der Waals surface area contributed by atoms with E-state index in [9.17, 15) is 4.79 Å². The molecular weight excluding hydrogens is 344 g/mol. The van der Waals surface area contributed by atoms with Crippen LogP contribution in [0.3, 0.4) is 0 Å². The Balaban J connectivity index is 1.89. The molecule has 0 saturated heterocycles. The minimum atomic E-state index is -0.209. The molecule has 0 bridgehead atoms. The molecule has 0 unspecified atom stereocenters. The number of hydrogen-bond acceptors (Lipinski definition) is 4. The van der Waals surface area contributed by atoms with Gasteiger partial charge in [-0.2, -0.15) is 0 Å². The van der Waals surface area contributed by atoms with Gasteiger partial charge >= 0.3 is 0 Å². The number of aromatic nitrogens is 2. The summed E-state index contributed by atoms with van der Waals surface area (Å²) in [4.78, 5) is 12.1. The fourth-order valence-corrected chi connectivity index (χ4v) is 2.30. The average Bonchev–Trinajstić information content (AvgIpc) is 2.53. The van der Waals surface area contributed by atoms with Crippen LogP contribution in [0.5, 0.6) is 0 Å². The van der Waals surface area contributed by atoms with Gasteiger partial charge in [0.15, 0.2) is 5.82 Å². The second-order valence-corrected chi connectivity index (χ2v) is 5.82. The predicted molar refractivity (Wildman–Crippen MR) is 92.1 cm³/mol. The summed E-state index contributed by atoms with van der Waals surface area (Å²) < 4.78 is 0.859. The van der Waals surface area contributed by atoms with E-state index >= 15 is 0 Å². The Hall–Kier alpha value is -1.95. The number of nitrogens with zero attached hydrogens (tertiary/aromatic N) is 2. The fourth-order valence-electron chi connectivity index (χ4n) is 1.90. The first-order chi connectivity index (χ1) is 10.7. The largest absolute Gasteiger partial charge is 0.369 e. The molecule has 0 aliphatic carbocycles. The lowest BCUT2D eigenvalue weighted by Crippen LogP contribution is -2.13. The molecular formula is C16H19BrN4O. The van der Waals surface area contributed by atoms with Crippen LogP contribution in [0.25, 0.3) is 0 Å². The molecule has 0 fully saturated rings. The molecule has 0 spiro atoms. The fraction of sp³-hybridized carbons (Fsp3) is 0.312. The first-order valence-corrected chi connectivity index (χ1v) is 8.13. The van der Waals surface area contributed by atoms with Gasteiger partial charge in [-0.3, -0.25) is 4.79 Å². The highest BCUT2D eigenvalue weighted by Gasteiger charge is 2.07. The Labute approximate surface area is 138 Å². The first kappa shape index (κ1) is 16.4. The van der Waals surface area contributed by atoms with Gasteiger partial charge in [-0.15, -0.1) is 10.2 Å². The summed E-state index contributed by atoms with van der Waals surface area (Å²) in [6.07, 6.45) is 3.49. The van der Waals surface area contributed by atoms with Crippen molar-refractivity contribution in [1.82, 2.24) is 10.2 Å². The number of rotatable bonds is 7. The number of halogens is 1. The van der Waals surface area contributed by atoms with Crippen molar-refractivity contribution in [2.45, 2.75) is 26.2 Å². The summed E-state index contributed by atoms with van der Waals surface area (Å²) in [5, 5.41) is 14.0. The molecule has 5 nitrogen and oxygen atoms in total. The minimum Gasteiger partial charge on any atom is -0.369 e. The van der Waals surface area contributed by atoms with E-state index in [1.54, 1.807) is 18.2 Å². The Bertz CT molecular complexity index is 616. The van der Waals surface area contributed by atoms with E-state index in [1.165, 1.54) is 12.8 Å². The van der Waals surface area contributed by atoms with Crippen molar-refractivity contribution < 1.29 is 4.79 Å². The molecule has 1 aromatic carbocycles. The molecule has 2 aromatic rings. The Morgan fingerprint density at radius 3 is 2.59 bits per heavy atom. The number of carbonyl (C=O) groups excluding carboxylic acids is 1. The zero-order chi connectivity index (χ0) is 15.8. The molecule has 0 aliphatic heterocycles. The van der Waals surface area contributed by atoms with Gasteiger partial charge in [-0.1, -0.05) is 41.8 Å².